The second-order valence-electron chi connectivity index (χ2n) is 2.45. The fourth-order valence-electron chi connectivity index (χ4n) is 0.989. The zero-order valence-corrected chi connectivity index (χ0v) is 6.93. The molecule has 1 aliphatic heterocycles. The first-order valence-corrected chi connectivity index (χ1v) is 3.73. The second kappa shape index (κ2) is 2.97. The van der Waals surface area contributed by atoms with Crippen molar-refractivity contribution in [2.24, 2.45) is 5.92 Å². The summed E-state index contributed by atoms with van der Waals surface area (Å²) < 4.78 is 0. The van der Waals surface area contributed by atoms with Crippen molar-refractivity contribution >= 4 is 18.5 Å². The number of nitrogens with zero attached hydrogens (tertiary/aromatic N) is 1. The lowest BCUT2D eigenvalue weighted by Crippen LogP contribution is -2.39. The van der Waals surface area contributed by atoms with Gasteiger partial charge in [-0.15, -0.1) is 0 Å². The van der Waals surface area contributed by atoms with Gasteiger partial charge in [-0.3, -0.25) is 4.79 Å². The highest BCUT2D eigenvalue weighted by Crippen LogP contribution is 2.19. The van der Waals surface area contributed by atoms with Crippen LogP contribution in [0.25, 0.3) is 0 Å². The average Bonchev–Trinajstić information content (AvgIpc) is 1.85. The molecular weight excluding hydrogens is 160 g/mol. The van der Waals surface area contributed by atoms with Crippen LogP contribution in [0.4, 0.5) is 0 Å². The topological polar surface area (TPSA) is 52.9 Å². The van der Waals surface area contributed by atoms with E-state index in [-0.39, 0.29) is 17.2 Å². The zero-order chi connectivity index (χ0) is 8.43. The first kappa shape index (κ1) is 8.15. The normalized spacial score (nSPS) is 30.3. The Balaban J connectivity index is 2.90. The first-order valence-electron chi connectivity index (χ1n) is 3.21. The van der Waals surface area contributed by atoms with Crippen molar-refractivity contribution in [2.45, 2.75) is 12.3 Å². The Morgan fingerprint density at radius 3 is 2.91 bits per heavy atom. The molecule has 0 fully saturated rings. The summed E-state index contributed by atoms with van der Waals surface area (Å²) in [6.07, 6.45) is 1.43. The summed E-state index contributed by atoms with van der Waals surface area (Å²) in [5.74, 6) is -0.468. The number of amides is 1. The number of carbonyl (C=O) groups excluding carboxylic acids is 1. The van der Waals surface area contributed by atoms with Crippen molar-refractivity contribution in [3.05, 3.63) is 11.6 Å². The Labute approximate surface area is 70.5 Å². The summed E-state index contributed by atoms with van der Waals surface area (Å²) in [5, 5.41) is 10.8. The van der Waals surface area contributed by atoms with E-state index in [2.05, 4.69) is 24.0 Å². The van der Waals surface area contributed by atoms with Gasteiger partial charge in [0, 0.05) is 6.08 Å². The van der Waals surface area contributed by atoms with Crippen molar-refractivity contribution < 1.29 is 4.79 Å². The highest BCUT2D eigenvalue weighted by molar-refractivity contribution is 7.81. The van der Waals surface area contributed by atoms with E-state index in [9.17, 15) is 4.79 Å². The number of carbonyl (C=O) groups is 1. The third-order valence-corrected chi connectivity index (χ3v) is 2.02. The molecule has 1 amide bonds. The summed E-state index contributed by atoms with van der Waals surface area (Å²) in [6, 6.07) is 2.06. The van der Waals surface area contributed by atoms with Gasteiger partial charge in [-0.1, -0.05) is 0 Å². The average molecular weight is 168 g/mol. The van der Waals surface area contributed by atoms with Gasteiger partial charge < -0.3 is 5.32 Å². The van der Waals surface area contributed by atoms with Gasteiger partial charge in [0.1, 0.15) is 0 Å². The second-order valence-corrected chi connectivity index (χ2v) is 3.00. The van der Waals surface area contributed by atoms with E-state index in [0.29, 0.717) is 0 Å². The highest BCUT2D eigenvalue weighted by atomic mass is 32.1. The van der Waals surface area contributed by atoms with Crippen LogP contribution in [0.3, 0.4) is 0 Å². The summed E-state index contributed by atoms with van der Waals surface area (Å²) in [6.45, 7) is 1.76. The molecule has 2 unspecified atom stereocenters. The zero-order valence-electron chi connectivity index (χ0n) is 6.03. The van der Waals surface area contributed by atoms with Crippen molar-refractivity contribution in [2.75, 3.05) is 0 Å². The van der Waals surface area contributed by atoms with E-state index < -0.39 is 0 Å². The van der Waals surface area contributed by atoms with Gasteiger partial charge in [0.25, 0.3) is 0 Å². The van der Waals surface area contributed by atoms with Crippen molar-refractivity contribution in [1.82, 2.24) is 5.32 Å². The first-order chi connectivity index (χ1) is 5.15. The Bertz CT molecular complexity index is 254. The lowest BCUT2D eigenvalue weighted by Gasteiger charge is -2.22. The molecule has 1 aliphatic rings. The maximum absolute atomic E-state index is 10.8. The summed E-state index contributed by atoms with van der Waals surface area (Å²) in [7, 11) is 0. The predicted octanol–water partition coefficient (Wildman–Crippen LogP) is 0.458. The quantitative estimate of drug-likeness (QED) is 0.516. The van der Waals surface area contributed by atoms with E-state index in [0.717, 1.165) is 5.57 Å². The maximum Gasteiger partial charge on any atom is 0.244 e. The molecule has 11 heavy (non-hydrogen) atoms. The predicted molar refractivity (Wildman–Crippen MR) is 43.8 cm³/mol. The van der Waals surface area contributed by atoms with Gasteiger partial charge in [0.15, 0.2) is 0 Å². The number of nitriles is 1. The summed E-state index contributed by atoms with van der Waals surface area (Å²) in [5.41, 5.74) is 0.774. The Kier molecular flexibility index (Phi) is 2.20. The van der Waals surface area contributed by atoms with Crippen LogP contribution in [-0.2, 0) is 4.79 Å². The van der Waals surface area contributed by atoms with Crippen LogP contribution in [0.5, 0.6) is 0 Å². The standard InChI is InChI=1S/C7H8N2OS/c1-4-2-6(10)9-7(11)5(4)3-8/h2,5,7,11H,1H3,(H,9,10). The molecular formula is C7H8N2OS. The molecule has 0 aliphatic carbocycles. The molecule has 0 aromatic rings. The lowest BCUT2D eigenvalue weighted by molar-refractivity contribution is -0.117. The lowest BCUT2D eigenvalue weighted by atomic mass is 9.98. The van der Waals surface area contributed by atoms with Crippen LogP contribution in [0.15, 0.2) is 11.6 Å². The molecule has 0 radical (unpaired) electrons. The Morgan fingerprint density at radius 2 is 2.45 bits per heavy atom. The molecule has 3 nitrogen and oxygen atoms in total. The van der Waals surface area contributed by atoms with Crippen LogP contribution < -0.4 is 5.32 Å². The highest BCUT2D eigenvalue weighted by Gasteiger charge is 2.25. The maximum atomic E-state index is 10.8. The van der Waals surface area contributed by atoms with Gasteiger partial charge in [0.2, 0.25) is 5.91 Å². The molecule has 0 aromatic carbocycles. The Morgan fingerprint density at radius 1 is 1.82 bits per heavy atom. The van der Waals surface area contributed by atoms with Crippen molar-refractivity contribution in [3.8, 4) is 6.07 Å². The summed E-state index contributed by atoms with van der Waals surface area (Å²) >= 11 is 4.06. The van der Waals surface area contributed by atoms with Gasteiger partial charge >= 0.3 is 0 Å². The number of rotatable bonds is 0. The number of hydrogen-bond acceptors (Lipinski definition) is 3. The van der Waals surface area contributed by atoms with Gasteiger partial charge in [-0.05, 0) is 12.5 Å². The molecule has 58 valence electrons. The minimum Gasteiger partial charge on any atom is -0.339 e. The van der Waals surface area contributed by atoms with E-state index in [4.69, 9.17) is 5.26 Å². The fraction of sp³-hybridized carbons (Fsp3) is 0.429. The van der Waals surface area contributed by atoms with Crippen LogP contribution >= 0.6 is 12.6 Å². The number of hydrogen-bond donors (Lipinski definition) is 2. The van der Waals surface area contributed by atoms with E-state index in [1.54, 1.807) is 6.92 Å². The largest absolute Gasteiger partial charge is 0.339 e. The molecule has 0 saturated carbocycles. The monoisotopic (exact) mass is 168 g/mol. The smallest absolute Gasteiger partial charge is 0.244 e. The molecule has 1 N–H and O–H groups in total. The summed E-state index contributed by atoms with van der Waals surface area (Å²) in [4.78, 5) is 10.8. The number of nitrogens with one attached hydrogen (secondary N) is 1. The van der Waals surface area contributed by atoms with Crippen LogP contribution in [0, 0.1) is 17.2 Å². The van der Waals surface area contributed by atoms with Crippen molar-refractivity contribution in [1.29, 1.82) is 5.26 Å². The molecule has 2 atom stereocenters. The molecule has 0 saturated heterocycles. The van der Waals surface area contributed by atoms with Gasteiger partial charge in [-0.25, -0.2) is 0 Å². The molecule has 4 heteroatoms. The van der Waals surface area contributed by atoms with Gasteiger partial charge in [0.05, 0.1) is 17.4 Å². The molecule has 1 heterocycles. The fourth-order valence-corrected chi connectivity index (χ4v) is 1.42. The number of thiol groups is 1. The van der Waals surface area contributed by atoms with Crippen LogP contribution in [0.2, 0.25) is 0 Å². The molecule has 0 bridgehead atoms. The molecule has 1 rings (SSSR count). The Hall–Kier alpha value is -0.950. The molecule has 0 aromatic heterocycles. The van der Waals surface area contributed by atoms with Crippen LogP contribution in [0.1, 0.15) is 6.92 Å². The van der Waals surface area contributed by atoms with E-state index >= 15 is 0 Å². The van der Waals surface area contributed by atoms with Gasteiger partial charge in [-0.2, -0.15) is 17.9 Å². The third-order valence-electron chi connectivity index (χ3n) is 1.59. The van der Waals surface area contributed by atoms with E-state index in [1.807, 2.05) is 0 Å². The van der Waals surface area contributed by atoms with E-state index in [1.165, 1.54) is 6.08 Å². The minimum absolute atomic E-state index is 0.172. The van der Waals surface area contributed by atoms with Crippen LogP contribution in [-0.4, -0.2) is 11.3 Å². The van der Waals surface area contributed by atoms with Crippen molar-refractivity contribution in [3.63, 3.8) is 0 Å². The molecule has 0 spiro atoms. The minimum atomic E-state index is -0.363. The third kappa shape index (κ3) is 1.55. The SMILES string of the molecule is CC1=CC(=O)NC(S)C1C#N.